The first kappa shape index (κ1) is 23.6. The molecule has 6 nitrogen and oxygen atoms in total. The summed E-state index contributed by atoms with van der Waals surface area (Å²) in [7, 11) is 3.08. The Morgan fingerprint density at radius 1 is 1.10 bits per heavy atom. The van der Waals surface area contributed by atoms with Crippen molar-refractivity contribution in [2.45, 2.75) is 27.3 Å². The number of rotatable bonds is 8. The monoisotopic (exact) mass is 433 g/mol. The summed E-state index contributed by atoms with van der Waals surface area (Å²) >= 11 is 0. The van der Waals surface area contributed by atoms with Crippen LogP contribution >= 0.6 is 0 Å². The number of ether oxygens (including phenoxy) is 2. The van der Waals surface area contributed by atoms with E-state index in [2.05, 4.69) is 13.8 Å². The molecule has 0 amide bonds. The minimum absolute atomic E-state index is 0. The Morgan fingerprint density at radius 2 is 1.80 bits per heavy atom. The fourth-order valence-electron chi connectivity index (χ4n) is 3.70. The molecule has 0 saturated heterocycles. The number of benzene rings is 2. The quantitative estimate of drug-likeness (QED) is 0.494. The zero-order chi connectivity index (χ0) is 21.1. The molecule has 3 aromatic rings. The number of quaternary nitrogens is 1. The zero-order valence-electron chi connectivity index (χ0n) is 18.0. The van der Waals surface area contributed by atoms with Gasteiger partial charge in [-0.25, -0.2) is 0 Å². The van der Waals surface area contributed by atoms with Crippen molar-refractivity contribution in [3.05, 3.63) is 52.8 Å². The molecule has 0 bridgehead atoms. The van der Waals surface area contributed by atoms with Crippen molar-refractivity contribution in [2.75, 3.05) is 27.3 Å². The Labute approximate surface area is 182 Å². The lowest BCUT2D eigenvalue weighted by molar-refractivity contribution is -0.910. The molecule has 162 valence electrons. The Bertz CT molecular complexity index is 1040. The van der Waals surface area contributed by atoms with Gasteiger partial charge in [-0.3, -0.25) is 4.79 Å². The van der Waals surface area contributed by atoms with Crippen LogP contribution in [0.5, 0.6) is 17.2 Å². The molecule has 0 saturated carbocycles. The highest BCUT2D eigenvalue weighted by Gasteiger charge is 2.27. The number of halogens is 1. The van der Waals surface area contributed by atoms with Crippen molar-refractivity contribution in [1.29, 1.82) is 0 Å². The van der Waals surface area contributed by atoms with E-state index in [1.807, 2.05) is 0 Å². The molecule has 7 heteroatoms. The number of phenols is 1. The second-order valence-corrected chi connectivity index (χ2v) is 7.00. The molecule has 0 radical (unpaired) electrons. The van der Waals surface area contributed by atoms with E-state index in [9.17, 15) is 9.90 Å². The van der Waals surface area contributed by atoms with Gasteiger partial charge in [0.25, 0.3) is 0 Å². The molecular formula is C23H28ClNO5. The molecule has 3 rings (SSSR count). The van der Waals surface area contributed by atoms with Gasteiger partial charge in [0.1, 0.15) is 35.1 Å². The van der Waals surface area contributed by atoms with Gasteiger partial charge in [-0.1, -0.05) is 0 Å². The van der Waals surface area contributed by atoms with E-state index in [1.165, 1.54) is 12.0 Å². The lowest BCUT2D eigenvalue weighted by atomic mass is 9.96. The molecule has 0 unspecified atom stereocenters. The predicted molar refractivity (Wildman–Crippen MR) is 111 cm³/mol. The van der Waals surface area contributed by atoms with Crippen LogP contribution in [-0.2, 0) is 6.54 Å². The second kappa shape index (κ2) is 9.87. The number of methoxy groups -OCH3 is 2. The van der Waals surface area contributed by atoms with Crippen LogP contribution < -0.4 is 26.8 Å². The fourth-order valence-corrected chi connectivity index (χ4v) is 3.70. The molecule has 1 aromatic heterocycles. The summed E-state index contributed by atoms with van der Waals surface area (Å²) < 4.78 is 16.6. The molecule has 0 aliphatic carbocycles. The highest BCUT2D eigenvalue weighted by atomic mass is 35.5. The normalized spacial score (nSPS) is 10.9. The number of carbonyl (C=O) groups excluding carboxylic acids is 1. The van der Waals surface area contributed by atoms with Crippen molar-refractivity contribution in [1.82, 2.24) is 0 Å². The van der Waals surface area contributed by atoms with Crippen LogP contribution in [0.15, 0.2) is 34.7 Å². The van der Waals surface area contributed by atoms with E-state index in [-0.39, 0.29) is 23.9 Å². The minimum Gasteiger partial charge on any atom is -1.00 e. The van der Waals surface area contributed by atoms with Gasteiger partial charge in [-0.2, -0.15) is 0 Å². The second-order valence-electron chi connectivity index (χ2n) is 7.00. The zero-order valence-corrected chi connectivity index (χ0v) is 18.7. The highest BCUT2D eigenvalue weighted by Crippen LogP contribution is 2.36. The number of hydrogen-bond donors (Lipinski definition) is 2. The van der Waals surface area contributed by atoms with E-state index >= 15 is 0 Å². The van der Waals surface area contributed by atoms with Crippen molar-refractivity contribution in [3.8, 4) is 17.2 Å². The summed E-state index contributed by atoms with van der Waals surface area (Å²) in [5.74, 6) is 1.48. The first-order valence-corrected chi connectivity index (χ1v) is 9.79. The maximum Gasteiger partial charge on any atom is 0.201 e. The van der Waals surface area contributed by atoms with E-state index in [0.29, 0.717) is 45.9 Å². The SMILES string of the molecule is CC[NH+](CC)Cc1c(O)ccc2oc(C)c(C(=O)c3cc(OC)ccc3OC)c12.[Cl-]. The maximum atomic E-state index is 13.6. The number of phenolic OH excluding ortho intramolecular Hbond substituents is 1. The average Bonchev–Trinajstić information content (AvgIpc) is 3.08. The van der Waals surface area contributed by atoms with Gasteiger partial charge in [0.05, 0.1) is 44.0 Å². The Hall–Kier alpha value is -2.70. The van der Waals surface area contributed by atoms with Gasteiger partial charge in [-0.15, -0.1) is 0 Å². The average molecular weight is 434 g/mol. The maximum absolute atomic E-state index is 13.6. The number of carbonyl (C=O) groups is 1. The lowest BCUT2D eigenvalue weighted by Crippen LogP contribution is -3.10. The molecule has 1 heterocycles. The number of aryl methyl sites for hydroxylation is 1. The van der Waals surface area contributed by atoms with Crippen molar-refractivity contribution in [3.63, 3.8) is 0 Å². The molecular weight excluding hydrogens is 406 g/mol. The first-order chi connectivity index (χ1) is 13.9. The van der Waals surface area contributed by atoms with Crippen LogP contribution in [0.25, 0.3) is 11.0 Å². The van der Waals surface area contributed by atoms with Gasteiger partial charge in [0, 0.05) is 5.39 Å². The van der Waals surface area contributed by atoms with Crippen LogP contribution in [0, 0.1) is 6.92 Å². The van der Waals surface area contributed by atoms with Crippen molar-refractivity contribution in [2.24, 2.45) is 0 Å². The molecule has 30 heavy (non-hydrogen) atoms. The van der Waals surface area contributed by atoms with Gasteiger partial charge in [0.15, 0.2) is 0 Å². The molecule has 2 N–H and O–H groups in total. The molecule has 0 spiro atoms. The molecule has 0 aliphatic heterocycles. The summed E-state index contributed by atoms with van der Waals surface area (Å²) in [6.07, 6.45) is 0. The first-order valence-electron chi connectivity index (χ1n) is 9.79. The summed E-state index contributed by atoms with van der Waals surface area (Å²) in [6, 6.07) is 8.46. The minimum atomic E-state index is -0.224. The predicted octanol–water partition coefficient (Wildman–Crippen LogP) is 0.124. The van der Waals surface area contributed by atoms with Gasteiger partial charge < -0.3 is 36.3 Å². The number of ketones is 1. The molecule has 2 aromatic carbocycles. The van der Waals surface area contributed by atoms with Crippen LogP contribution in [-0.4, -0.2) is 38.2 Å². The molecule has 0 fully saturated rings. The van der Waals surface area contributed by atoms with Crippen molar-refractivity contribution >= 4 is 16.8 Å². The Morgan fingerprint density at radius 3 is 2.40 bits per heavy atom. The number of fused-ring (bicyclic) bond motifs is 1. The number of hydrogen-bond acceptors (Lipinski definition) is 5. The summed E-state index contributed by atoms with van der Waals surface area (Å²) in [5, 5.41) is 11.3. The Balaban J connectivity index is 0.00000320. The van der Waals surface area contributed by atoms with Gasteiger partial charge in [0.2, 0.25) is 5.78 Å². The topological polar surface area (TPSA) is 73.3 Å². The van der Waals surface area contributed by atoms with E-state index < -0.39 is 0 Å². The summed E-state index contributed by atoms with van der Waals surface area (Å²) in [5.41, 5.74) is 2.15. The largest absolute Gasteiger partial charge is 1.00 e. The van der Waals surface area contributed by atoms with E-state index in [0.717, 1.165) is 18.7 Å². The molecule has 0 aliphatic rings. The third-order valence-electron chi connectivity index (χ3n) is 5.42. The van der Waals surface area contributed by atoms with Crippen LogP contribution in [0.3, 0.4) is 0 Å². The number of furan rings is 1. The van der Waals surface area contributed by atoms with E-state index in [1.54, 1.807) is 44.4 Å². The third kappa shape index (κ3) is 4.25. The number of nitrogens with one attached hydrogen (secondary N) is 1. The lowest BCUT2D eigenvalue weighted by Gasteiger charge is -2.17. The van der Waals surface area contributed by atoms with Crippen molar-refractivity contribution < 1.29 is 41.1 Å². The summed E-state index contributed by atoms with van der Waals surface area (Å²) in [6.45, 7) is 8.40. The number of aromatic hydroxyl groups is 1. The smallest absolute Gasteiger partial charge is 0.201 e. The summed E-state index contributed by atoms with van der Waals surface area (Å²) in [4.78, 5) is 14.9. The fraction of sp³-hybridized carbons (Fsp3) is 0.348. The standard InChI is InChI=1S/C23H27NO5.ClH/c1-6-24(7-2)13-17-18(25)9-11-20-22(17)21(14(3)29-20)23(26)16-12-15(27-4)8-10-19(16)28-5;/h8-12,25H,6-7,13H2,1-5H3;1H. The van der Waals surface area contributed by atoms with E-state index in [4.69, 9.17) is 13.9 Å². The Kier molecular flexibility index (Phi) is 7.76. The highest BCUT2D eigenvalue weighted by molar-refractivity contribution is 6.19. The van der Waals surface area contributed by atoms with Crippen LogP contribution in [0.2, 0.25) is 0 Å². The van der Waals surface area contributed by atoms with Crippen LogP contribution in [0.4, 0.5) is 0 Å². The molecule has 0 atom stereocenters. The van der Waals surface area contributed by atoms with Crippen LogP contribution in [0.1, 0.15) is 41.1 Å². The van der Waals surface area contributed by atoms with Gasteiger partial charge >= 0.3 is 0 Å². The third-order valence-corrected chi connectivity index (χ3v) is 5.42. The van der Waals surface area contributed by atoms with Gasteiger partial charge in [-0.05, 0) is 51.1 Å².